The first-order chi connectivity index (χ1) is 30.7. The minimum atomic E-state index is 0.129. The average molecular weight is 798 g/mol. The van der Waals surface area contributed by atoms with Gasteiger partial charge in [-0.3, -0.25) is 0 Å². The summed E-state index contributed by atoms with van der Waals surface area (Å²) in [7, 11) is 0. The largest absolute Gasteiger partial charge is 0.310 e. The summed E-state index contributed by atoms with van der Waals surface area (Å²) in [5, 5.41) is 2.58. The van der Waals surface area contributed by atoms with Crippen LogP contribution in [0.1, 0.15) is 80.0 Å². The van der Waals surface area contributed by atoms with Crippen LogP contribution in [0.3, 0.4) is 0 Å². The van der Waals surface area contributed by atoms with E-state index in [-0.39, 0.29) is 10.8 Å². The van der Waals surface area contributed by atoms with Gasteiger partial charge < -0.3 is 4.90 Å². The van der Waals surface area contributed by atoms with Crippen molar-refractivity contribution in [2.45, 2.75) is 68.6 Å². The lowest BCUT2D eigenvalue weighted by Crippen LogP contribution is -2.40. The molecule has 0 amide bonds. The topological polar surface area (TPSA) is 3.24 Å². The molecule has 4 bridgehead atoms. The molecule has 0 aliphatic heterocycles. The van der Waals surface area contributed by atoms with Crippen LogP contribution in [0.2, 0.25) is 0 Å². The first-order valence-electron chi connectivity index (χ1n) is 23.7. The molecule has 1 heteroatoms. The second-order valence-electron chi connectivity index (χ2n) is 19.9. The van der Waals surface area contributed by atoms with Gasteiger partial charge in [0.05, 0.1) is 0 Å². The summed E-state index contributed by atoms with van der Waals surface area (Å²) < 4.78 is 0. The molecule has 0 aromatic heterocycles. The van der Waals surface area contributed by atoms with Crippen molar-refractivity contribution in [2.24, 2.45) is 23.7 Å². The number of anilines is 3. The van der Waals surface area contributed by atoms with Gasteiger partial charge in [-0.25, -0.2) is 0 Å². The molecule has 7 aliphatic rings. The van der Waals surface area contributed by atoms with E-state index in [9.17, 15) is 0 Å². The second-order valence-corrected chi connectivity index (χ2v) is 19.9. The van der Waals surface area contributed by atoms with Crippen LogP contribution in [0, 0.1) is 23.7 Å². The van der Waals surface area contributed by atoms with Crippen molar-refractivity contribution in [1.29, 1.82) is 0 Å². The van der Waals surface area contributed by atoms with E-state index in [0.29, 0.717) is 0 Å². The van der Waals surface area contributed by atoms with Crippen LogP contribution in [0.4, 0.5) is 17.1 Å². The Bertz CT molecular complexity index is 3090. The van der Waals surface area contributed by atoms with Gasteiger partial charge in [-0.2, -0.15) is 0 Å². The Kier molecular flexibility index (Phi) is 7.52. The fourth-order valence-corrected chi connectivity index (χ4v) is 15.1. The molecule has 5 unspecified atom stereocenters. The standard InChI is InChI=1S/C61H51N/c1-3-13-40(14-4-1)48-19-11-15-42-16-12-20-49(59(42)48)41-23-25-45(26-24-41)62(46-28-30-55-53(37-46)51-18-5-7-21-54(51)60(55)31-9-2-10-32-60)47-27-29-52-50-17-6-8-22-56(50)61(58(52)38-47)44-34-39-33-43(36-44)57(61)35-39/h1,3-8,11-30,37-39,43-44,57H,2,9-10,31-36H2. The molecule has 300 valence electrons. The zero-order chi connectivity index (χ0) is 40.6. The van der Waals surface area contributed by atoms with Crippen LogP contribution in [0.25, 0.3) is 55.3 Å². The van der Waals surface area contributed by atoms with Gasteiger partial charge in [0.25, 0.3) is 0 Å². The summed E-state index contributed by atoms with van der Waals surface area (Å²) in [4.78, 5) is 2.60. The number of benzene rings is 8. The van der Waals surface area contributed by atoms with Crippen LogP contribution in [0.15, 0.2) is 176 Å². The van der Waals surface area contributed by atoms with Crippen LogP contribution in [0.5, 0.6) is 0 Å². The molecule has 8 aromatic carbocycles. The first-order valence-corrected chi connectivity index (χ1v) is 23.7. The molecule has 2 spiro atoms. The third-order valence-electron chi connectivity index (χ3n) is 17.2. The zero-order valence-electron chi connectivity index (χ0n) is 35.4. The quantitative estimate of drug-likeness (QED) is 0.168. The summed E-state index contributed by atoms with van der Waals surface area (Å²) in [6.07, 6.45) is 12.1. The van der Waals surface area contributed by atoms with Gasteiger partial charge in [0.1, 0.15) is 0 Å². The monoisotopic (exact) mass is 797 g/mol. The molecule has 5 saturated carbocycles. The molecule has 1 nitrogen and oxygen atoms in total. The lowest BCUT2D eigenvalue weighted by Gasteiger charge is -2.44. The Morgan fingerprint density at radius 1 is 0.403 bits per heavy atom. The molecule has 62 heavy (non-hydrogen) atoms. The van der Waals surface area contributed by atoms with Crippen molar-refractivity contribution < 1.29 is 0 Å². The predicted octanol–water partition coefficient (Wildman–Crippen LogP) is 16.2. The lowest BCUT2D eigenvalue weighted by molar-refractivity contribution is 0.191. The fourth-order valence-electron chi connectivity index (χ4n) is 15.1. The normalized spacial score (nSPS) is 24.1. The minimum Gasteiger partial charge on any atom is -0.310 e. The molecule has 0 saturated heterocycles. The Labute approximate surface area is 366 Å². The van der Waals surface area contributed by atoms with Crippen molar-refractivity contribution in [3.05, 3.63) is 198 Å². The van der Waals surface area contributed by atoms with Crippen LogP contribution >= 0.6 is 0 Å². The molecule has 5 fully saturated rings. The summed E-state index contributed by atoms with van der Waals surface area (Å²) in [5.41, 5.74) is 21.2. The Hall–Kier alpha value is -6.18. The van der Waals surface area contributed by atoms with E-state index in [1.165, 1.54) is 130 Å². The van der Waals surface area contributed by atoms with Crippen molar-refractivity contribution >= 4 is 27.8 Å². The number of fused-ring (bicyclic) bond motifs is 9. The molecule has 5 atom stereocenters. The van der Waals surface area contributed by atoms with Crippen molar-refractivity contribution in [3.8, 4) is 44.5 Å². The summed E-state index contributed by atoms with van der Waals surface area (Å²) >= 11 is 0. The zero-order valence-corrected chi connectivity index (χ0v) is 35.4. The van der Waals surface area contributed by atoms with E-state index in [1.807, 2.05) is 0 Å². The SMILES string of the molecule is c1ccc(-c2cccc3cccc(-c4ccc(N(c5ccc6c(c5)-c5ccccc5C65CCCCC5)c5ccc6c(c5)C5(c7ccccc7-6)C6CC7CC(C6)C5C7)cc4)c23)cc1. The van der Waals surface area contributed by atoms with Gasteiger partial charge in [-0.05, 0) is 176 Å². The molecule has 0 N–H and O–H groups in total. The van der Waals surface area contributed by atoms with E-state index in [2.05, 4.69) is 181 Å². The maximum atomic E-state index is 2.66. The van der Waals surface area contributed by atoms with Crippen LogP contribution in [-0.4, -0.2) is 0 Å². The van der Waals surface area contributed by atoms with E-state index in [4.69, 9.17) is 0 Å². The molecule has 0 heterocycles. The summed E-state index contributed by atoms with van der Waals surface area (Å²) in [6.45, 7) is 0. The number of hydrogen-bond acceptors (Lipinski definition) is 1. The van der Waals surface area contributed by atoms with Gasteiger partial charge in [-0.15, -0.1) is 0 Å². The first kappa shape index (κ1) is 35.4. The fraction of sp³-hybridized carbons (Fsp3) is 0.246. The highest BCUT2D eigenvalue weighted by Gasteiger charge is 2.66. The maximum Gasteiger partial charge on any atom is 0.0468 e. The van der Waals surface area contributed by atoms with Crippen LogP contribution in [-0.2, 0) is 10.8 Å². The van der Waals surface area contributed by atoms with Crippen LogP contribution < -0.4 is 4.90 Å². The number of rotatable bonds is 5. The molecule has 15 rings (SSSR count). The highest BCUT2D eigenvalue weighted by atomic mass is 15.1. The smallest absolute Gasteiger partial charge is 0.0468 e. The number of nitrogens with zero attached hydrogens (tertiary/aromatic N) is 1. The Morgan fingerprint density at radius 2 is 1.02 bits per heavy atom. The van der Waals surface area contributed by atoms with Gasteiger partial charge in [-0.1, -0.05) is 159 Å². The maximum absolute atomic E-state index is 2.66. The summed E-state index contributed by atoms with van der Waals surface area (Å²) in [6, 6.07) is 67.9. The van der Waals surface area contributed by atoms with Gasteiger partial charge in [0.15, 0.2) is 0 Å². The van der Waals surface area contributed by atoms with Gasteiger partial charge >= 0.3 is 0 Å². The minimum absolute atomic E-state index is 0.129. The average Bonchev–Trinajstić information content (AvgIpc) is 3.96. The van der Waals surface area contributed by atoms with Crippen molar-refractivity contribution in [2.75, 3.05) is 4.90 Å². The Balaban J connectivity index is 0.953. The lowest BCUT2D eigenvalue weighted by atomic mass is 9.59. The van der Waals surface area contributed by atoms with E-state index >= 15 is 0 Å². The molecular weight excluding hydrogens is 747 g/mol. The van der Waals surface area contributed by atoms with Gasteiger partial charge in [0.2, 0.25) is 0 Å². The van der Waals surface area contributed by atoms with Gasteiger partial charge in [0, 0.05) is 27.9 Å². The molecular formula is C61H51N. The summed E-state index contributed by atoms with van der Waals surface area (Å²) in [5.74, 6) is 3.28. The third-order valence-corrected chi connectivity index (χ3v) is 17.2. The van der Waals surface area contributed by atoms with Crippen molar-refractivity contribution in [1.82, 2.24) is 0 Å². The highest BCUT2D eigenvalue weighted by Crippen LogP contribution is 2.73. The molecule has 8 aromatic rings. The molecule has 0 radical (unpaired) electrons. The van der Waals surface area contributed by atoms with E-state index < -0.39 is 0 Å². The Morgan fingerprint density at radius 3 is 1.79 bits per heavy atom. The predicted molar refractivity (Wildman–Crippen MR) is 257 cm³/mol. The van der Waals surface area contributed by atoms with Crippen molar-refractivity contribution in [3.63, 3.8) is 0 Å². The molecule has 7 aliphatic carbocycles. The van der Waals surface area contributed by atoms with E-state index in [0.717, 1.165) is 23.7 Å². The van der Waals surface area contributed by atoms with E-state index in [1.54, 1.807) is 22.3 Å². The number of hydrogen-bond donors (Lipinski definition) is 0. The second kappa shape index (κ2) is 13.2. The highest BCUT2D eigenvalue weighted by molar-refractivity contribution is 6.06. The third kappa shape index (κ3) is 4.75.